The minimum atomic E-state index is -0.598. The van der Waals surface area contributed by atoms with Crippen LogP contribution < -0.4 is 4.74 Å². The Kier molecular flexibility index (Phi) is 5.37. The van der Waals surface area contributed by atoms with Gasteiger partial charge >= 0.3 is 5.97 Å². The van der Waals surface area contributed by atoms with Crippen LogP contribution in [-0.4, -0.2) is 54.3 Å². The highest BCUT2D eigenvalue weighted by Gasteiger charge is 2.44. The maximum Gasteiger partial charge on any atom is 0.337 e. The highest BCUT2D eigenvalue weighted by molar-refractivity contribution is 7.08. The second-order valence-corrected chi connectivity index (χ2v) is 8.24. The summed E-state index contributed by atoms with van der Waals surface area (Å²) in [6.45, 7) is 1.37. The number of carbonyl (C=O) groups excluding carboxylic acids is 2. The molecule has 2 heterocycles. The van der Waals surface area contributed by atoms with E-state index in [1.165, 1.54) is 18.4 Å². The Morgan fingerprint density at radius 3 is 2.64 bits per heavy atom. The lowest BCUT2D eigenvalue weighted by atomic mass is 9.78. The quantitative estimate of drug-likeness (QED) is 0.798. The summed E-state index contributed by atoms with van der Waals surface area (Å²) in [4.78, 5) is 26.2. The minimum absolute atomic E-state index is 0.0633. The fraction of sp³-hybridized carbons (Fsp3) is 0.429. The van der Waals surface area contributed by atoms with E-state index >= 15 is 0 Å². The number of thiophene rings is 1. The number of rotatable bonds is 4. The molecule has 1 saturated carbocycles. The summed E-state index contributed by atoms with van der Waals surface area (Å²) in [5.41, 5.74) is 1.15. The predicted molar refractivity (Wildman–Crippen MR) is 105 cm³/mol. The number of ether oxygens (including phenoxy) is 2. The molecule has 0 bridgehead atoms. The van der Waals surface area contributed by atoms with Gasteiger partial charge in [-0.3, -0.25) is 4.79 Å². The fourth-order valence-corrected chi connectivity index (χ4v) is 4.87. The second kappa shape index (κ2) is 7.93. The van der Waals surface area contributed by atoms with Gasteiger partial charge in [0.25, 0.3) is 5.91 Å². The first kappa shape index (κ1) is 19.0. The van der Waals surface area contributed by atoms with Gasteiger partial charge in [-0.2, -0.15) is 11.3 Å². The van der Waals surface area contributed by atoms with Crippen LogP contribution in [0.3, 0.4) is 0 Å². The number of fused-ring (bicyclic) bond motifs is 1. The maximum atomic E-state index is 12.6. The number of aliphatic hydroxyl groups is 1. The largest absolute Gasteiger partial charge is 0.488 e. The number of nitrogens with zero attached hydrogens (tertiary/aromatic N) is 1. The van der Waals surface area contributed by atoms with Crippen molar-refractivity contribution in [3.8, 4) is 5.75 Å². The fourth-order valence-electron chi connectivity index (χ4n) is 4.24. The van der Waals surface area contributed by atoms with Crippen molar-refractivity contribution < 1.29 is 24.2 Å². The first-order valence-corrected chi connectivity index (χ1v) is 10.3. The van der Waals surface area contributed by atoms with Crippen molar-refractivity contribution >= 4 is 23.2 Å². The van der Waals surface area contributed by atoms with E-state index in [1.807, 2.05) is 21.7 Å². The van der Waals surface area contributed by atoms with Crippen LogP contribution >= 0.6 is 11.3 Å². The summed E-state index contributed by atoms with van der Waals surface area (Å²) in [6.07, 6.45) is 0.339. The van der Waals surface area contributed by atoms with Gasteiger partial charge in [-0.1, -0.05) is 6.07 Å². The van der Waals surface area contributed by atoms with Gasteiger partial charge in [0.15, 0.2) is 0 Å². The lowest BCUT2D eigenvalue weighted by Gasteiger charge is -2.35. The third-order valence-corrected chi connectivity index (χ3v) is 6.37. The van der Waals surface area contributed by atoms with E-state index in [-0.39, 0.29) is 12.0 Å². The third kappa shape index (κ3) is 3.77. The van der Waals surface area contributed by atoms with Gasteiger partial charge in [0, 0.05) is 18.5 Å². The van der Waals surface area contributed by atoms with Crippen molar-refractivity contribution in [2.45, 2.75) is 25.0 Å². The Morgan fingerprint density at radius 1 is 1.14 bits per heavy atom. The monoisotopic (exact) mass is 401 g/mol. The van der Waals surface area contributed by atoms with Crippen LogP contribution in [0.1, 0.15) is 33.6 Å². The van der Waals surface area contributed by atoms with Crippen molar-refractivity contribution in [1.82, 2.24) is 4.90 Å². The molecule has 0 unspecified atom stereocenters. The highest BCUT2D eigenvalue weighted by atomic mass is 32.1. The summed E-state index contributed by atoms with van der Waals surface area (Å²) >= 11 is 1.52. The summed E-state index contributed by atoms with van der Waals surface area (Å²) < 4.78 is 10.8. The molecule has 6 nitrogen and oxygen atoms in total. The Bertz CT molecular complexity index is 852. The number of amides is 1. The number of esters is 1. The van der Waals surface area contributed by atoms with Gasteiger partial charge in [-0.25, -0.2) is 4.79 Å². The minimum Gasteiger partial charge on any atom is -0.488 e. The van der Waals surface area contributed by atoms with Gasteiger partial charge in [-0.05, 0) is 54.3 Å². The molecule has 2 fully saturated rings. The first-order valence-electron chi connectivity index (χ1n) is 9.39. The molecule has 0 radical (unpaired) electrons. The Morgan fingerprint density at radius 2 is 1.93 bits per heavy atom. The topological polar surface area (TPSA) is 76.1 Å². The average Bonchev–Trinajstić information content (AvgIpc) is 3.37. The number of aliphatic hydroxyl groups excluding tert-OH is 1. The molecule has 7 heteroatoms. The van der Waals surface area contributed by atoms with Crippen molar-refractivity contribution in [2.75, 3.05) is 20.2 Å². The number of hydrogen-bond acceptors (Lipinski definition) is 6. The van der Waals surface area contributed by atoms with Crippen LogP contribution in [0.5, 0.6) is 5.75 Å². The van der Waals surface area contributed by atoms with E-state index in [1.54, 1.807) is 24.3 Å². The molecule has 4 atom stereocenters. The van der Waals surface area contributed by atoms with E-state index in [0.29, 0.717) is 49.1 Å². The molecule has 4 rings (SSSR count). The number of carbonyl (C=O) groups is 2. The van der Waals surface area contributed by atoms with Crippen LogP contribution in [0.4, 0.5) is 0 Å². The summed E-state index contributed by atoms with van der Waals surface area (Å²) in [6, 6.07) is 8.65. The highest BCUT2D eigenvalue weighted by Crippen LogP contribution is 2.38. The lowest BCUT2D eigenvalue weighted by molar-refractivity contribution is -0.0231. The second-order valence-electron chi connectivity index (χ2n) is 7.46. The van der Waals surface area contributed by atoms with Gasteiger partial charge in [0.2, 0.25) is 0 Å². The van der Waals surface area contributed by atoms with Gasteiger partial charge in [0.05, 0.1) is 24.3 Å². The summed E-state index contributed by atoms with van der Waals surface area (Å²) in [5.74, 6) is 0.773. The van der Waals surface area contributed by atoms with Crippen molar-refractivity contribution in [3.63, 3.8) is 0 Å². The normalized spacial score (nSPS) is 26.6. The SMILES string of the molecule is COC(=O)c1cccc(O[C@@H]2C[C@@H]3CN(C(=O)c4ccsc4)C[C@@H]3C[C@H]2O)c1. The molecule has 1 aliphatic carbocycles. The first-order chi connectivity index (χ1) is 13.5. The van der Waals surface area contributed by atoms with Crippen LogP contribution in [0.2, 0.25) is 0 Å². The molecule has 1 aliphatic heterocycles. The van der Waals surface area contributed by atoms with Crippen LogP contribution in [0, 0.1) is 11.8 Å². The Balaban J connectivity index is 1.42. The Hall–Kier alpha value is -2.38. The van der Waals surface area contributed by atoms with E-state index in [0.717, 1.165) is 5.56 Å². The molecule has 2 aliphatic rings. The number of benzene rings is 1. The van der Waals surface area contributed by atoms with Crippen molar-refractivity contribution in [3.05, 3.63) is 52.2 Å². The smallest absolute Gasteiger partial charge is 0.337 e. The molecular formula is C21H23NO5S. The summed E-state index contributed by atoms with van der Waals surface area (Å²) in [5, 5.41) is 14.4. The zero-order valence-electron chi connectivity index (χ0n) is 15.6. The molecule has 28 heavy (non-hydrogen) atoms. The van der Waals surface area contributed by atoms with Crippen LogP contribution in [0.15, 0.2) is 41.1 Å². The molecule has 148 valence electrons. The number of likely N-dealkylation sites (tertiary alicyclic amines) is 1. The van der Waals surface area contributed by atoms with Gasteiger partial charge < -0.3 is 19.5 Å². The zero-order chi connectivity index (χ0) is 19.7. The molecule has 1 aromatic heterocycles. The third-order valence-electron chi connectivity index (χ3n) is 5.68. The zero-order valence-corrected chi connectivity index (χ0v) is 16.4. The van der Waals surface area contributed by atoms with Gasteiger partial charge in [0.1, 0.15) is 11.9 Å². The van der Waals surface area contributed by atoms with E-state index in [4.69, 9.17) is 9.47 Å². The Labute approximate surface area is 167 Å². The summed E-state index contributed by atoms with van der Waals surface area (Å²) in [7, 11) is 1.34. The van der Waals surface area contributed by atoms with Crippen LogP contribution in [0.25, 0.3) is 0 Å². The number of hydrogen-bond donors (Lipinski definition) is 1. The van der Waals surface area contributed by atoms with Crippen LogP contribution in [-0.2, 0) is 4.74 Å². The molecule has 1 aromatic carbocycles. The predicted octanol–water partition coefficient (Wildman–Crippen LogP) is 2.83. The molecular weight excluding hydrogens is 378 g/mol. The van der Waals surface area contributed by atoms with Crippen molar-refractivity contribution in [1.29, 1.82) is 0 Å². The van der Waals surface area contributed by atoms with E-state index in [9.17, 15) is 14.7 Å². The maximum absolute atomic E-state index is 12.6. The standard InChI is InChI=1S/C21H23NO5S/c1-26-21(25)13-3-2-4-17(7-13)27-19-9-16-11-22(10-15(16)8-18(19)23)20(24)14-5-6-28-12-14/h2-7,12,15-16,18-19,23H,8-11H2,1H3/t15-,16+,18+,19+/m0/s1. The average molecular weight is 401 g/mol. The molecule has 0 spiro atoms. The van der Waals surface area contributed by atoms with E-state index < -0.39 is 12.1 Å². The number of methoxy groups -OCH3 is 1. The molecule has 1 saturated heterocycles. The van der Waals surface area contributed by atoms with E-state index in [2.05, 4.69) is 0 Å². The van der Waals surface area contributed by atoms with Gasteiger partial charge in [-0.15, -0.1) is 0 Å². The molecule has 1 amide bonds. The lowest BCUT2D eigenvalue weighted by Crippen LogP contribution is -2.42. The van der Waals surface area contributed by atoms with Crippen molar-refractivity contribution in [2.24, 2.45) is 11.8 Å². The molecule has 1 N–H and O–H groups in total. The molecule has 2 aromatic rings.